The number of hydrogen-bond donors (Lipinski definition) is 2. The van der Waals surface area contributed by atoms with E-state index in [0.29, 0.717) is 0 Å². The lowest BCUT2D eigenvalue weighted by Gasteiger charge is -2.08. The van der Waals surface area contributed by atoms with Crippen LogP contribution >= 0.6 is 22.6 Å². The molecule has 0 aliphatic heterocycles. The van der Waals surface area contributed by atoms with Crippen LogP contribution in [0.2, 0.25) is 0 Å². The third-order valence-electron chi connectivity index (χ3n) is 1.51. The second-order valence-corrected chi connectivity index (χ2v) is 3.81. The normalized spacial score (nSPS) is 12.2. The predicted octanol–water partition coefficient (Wildman–Crippen LogP) is 1.61. The summed E-state index contributed by atoms with van der Waals surface area (Å²) in [4.78, 5) is 11.1. The van der Waals surface area contributed by atoms with Crippen molar-refractivity contribution >= 4 is 34.2 Å². The summed E-state index contributed by atoms with van der Waals surface area (Å²) in [6, 6.07) is 7.40. The summed E-state index contributed by atoms with van der Waals surface area (Å²) in [6.07, 6.45) is -0.976. The molecule has 0 saturated heterocycles. The third kappa shape index (κ3) is 2.96. The molecule has 70 valence electrons. The second kappa shape index (κ2) is 4.57. The molecule has 0 saturated carbocycles. The molecule has 0 aliphatic rings. The van der Waals surface area contributed by atoms with Gasteiger partial charge in [0.05, 0.1) is 5.69 Å². The topological polar surface area (TPSA) is 49.3 Å². The molecule has 13 heavy (non-hydrogen) atoms. The zero-order valence-corrected chi connectivity index (χ0v) is 9.28. The molecular formula is C9H10INO2. The first-order chi connectivity index (χ1) is 6.11. The highest BCUT2D eigenvalue weighted by Gasteiger charge is 2.09. The van der Waals surface area contributed by atoms with Gasteiger partial charge in [0, 0.05) is 3.57 Å². The van der Waals surface area contributed by atoms with Crippen molar-refractivity contribution in [3.05, 3.63) is 27.8 Å². The minimum Gasteiger partial charge on any atom is -0.384 e. The maximum absolute atomic E-state index is 11.1. The van der Waals surface area contributed by atoms with Crippen LogP contribution < -0.4 is 5.32 Å². The van der Waals surface area contributed by atoms with E-state index in [1.807, 2.05) is 18.2 Å². The fourth-order valence-electron chi connectivity index (χ4n) is 0.800. The van der Waals surface area contributed by atoms with Gasteiger partial charge < -0.3 is 10.4 Å². The van der Waals surface area contributed by atoms with Crippen molar-refractivity contribution in [2.24, 2.45) is 0 Å². The molecule has 0 spiro atoms. The van der Waals surface area contributed by atoms with Gasteiger partial charge in [0.1, 0.15) is 6.10 Å². The van der Waals surface area contributed by atoms with Gasteiger partial charge >= 0.3 is 0 Å². The quantitative estimate of drug-likeness (QED) is 0.813. The number of nitrogens with one attached hydrogen (secondary N) is 1. The summed E-state index contributed by atoms with van der Waals surface area (Å²) < 4.78 is 0.953. The molecule has 0 fully saturated rings. The lowest BCUT2D eigenvalue weighted by Crippen LogP contribution is -2.24. The summed E-state index contributed by atoms with van der Waals surface area (Å²) in [5.74, 6) is -0.385. The largest absolute Gasteiger partial charge is 0.384 e. The van der Waals surface area contributed by atoms with Crippen LogP contribution in [-0.4, -0.2) is 17.1 Å². The summed E-state index contributed by atoms with van der Waals surface area (Å²) in [5, 5.41) is 11.6. The molecule has 4 heteroatoms. The van der Waals surface area contributed by atoms with Crippen molar-refractivity contribution in [2.75, 3.05) is 5.32 Å². The van der Waals surface area contributed by atoms with Crippen molar-refractivity contribution < 1.29 is 9.90 Å². The van der Waals surface area contributed by atoms with Gasteiger partial charge in [-0.05, 0) is 41.6 Å². The maximum atomic E-state index is 11.1. The number of amides is 1. The third-order valence-corrected chi connectivity index (χ3v) is 2.45. The Kier molecular flexibility index (Phi) is 3.68. The van der Waals surface area contributed by atoms with Crippen molar-refractivity contribution in [1.29, 1.82) is 0 Å². The number of rotatable bonds is 2. The van der Waals surface area contributed by atoms with E-state index in [2.05, 4.69) is 27.9 Å². The number of benzene rings is 1. The van der Waals surface area contributed by atoms with Gasteiger partial charge in [-0.2, -0.15) is 0 Å². The SMILES string of the molecule is C[C@H](O)C(=O)Nc1ccccc1I. The maximum Gasteiger partial charge on any atom is 0.252 e. The van der Waals surface area contributed by atoms with Crippen molar-refractivity contribution in [3.8, 4) is 0 Å². The molecule has 1 aromatic carbocycles. The number of hydrogen-bond acceptors (Lipinski definition) is 2. The average Bonchev–Trinajstić information content (AvgIpc) is 2.08. The summed E-state index contributed by atoms with van der Waals surface area (Å²) in [5.41, 5.74) is 0.731. The van der Waals surface area contributed by atoms with Crippen molar-refractivity contribution in [3.63, 3.8) is 0 Å². The summed E-state index contributed by atoms with van der Waals surface area (Å²) in [6.45, 7) is 1.44. The van der Waals surface area contributed by atoms with Gasteiger partial charge in [0.25, 0.3) is 5.91 Å². The first kappa shape index (κ1) is 10.5. The molecule has 2 N–H and O–H groups in total. The smallest absolute Gasteiger partial charge is 0.252 e. The molecule has 3 nitrogen and oxygen atoms in total. The van der Waals surface area contributed by atoms with Gasteiger partial charge in [-0.15, -0.1) is 0 Å². The van der Waals surface area contributed by atoms with Gasteiger partial charge in [-0.25, -0.2) is 0 Å². The van der Waals surface area contributed by atoms with Crippen LogP contribution in [0, 0.1) is 3.57 Å². The van der Waals surface area contributed by atoms with Crippen LogP contribution in [0.15, 0.2) is 24.3 Å². The van der Waals surface area contributed by atoms with E-state index in [-0.39, 0.29) is 5.91 Å². The lowest BCUT2D eigenvalue weighted by atomic mass is 10.3. The van der Waals surface area contributed by atoms with Crippen LogP contribution in [0.3, 0.4) is 0 Å². The Morgan fingerprint density at radius 2 is 2.15 bits per heavy atom. The Balaban J connectivity index is 2.75. The summed E-state index contributed by atoms with van der Waals surface area (Å²) in [7, 11) is 0. The van der Waals surface area contributed by atoms with E-state index < -0.39 is 6.10 Å². The molecule has 1 atom stereocenters. The monoisotopic (exact) mass is 291 g/mol. The van der Waals surface area contributed by atoms with E-state index in [0.717, 1.165) is 9.26 Å². The second-order valence-electron chi connectivity index (χ2n) is 2.65. The van der Waals surface area contributed by atoms with Gasteiger partial charge in [0.2, 0.25) is 0 Å². The molecule has 0 unspecified atom stereocenters. The molecule has 0 aromatic heterocycles. The Morgan fingerprint density at radius 3 is 2.69 bits per heavy atom. The fraction of sp³-hybridized carbons (Fsp3) is 0.222. The predicted molar refractivity (Wildman–Crippen MR) is 59.5 cm³/mol. The highest BCUT2D eigenvalue weighted by Crippen LogP contribution is 2.16. The Morgan fingerprint density at radius 1 is 1.54 bits per heavy atom. The van der Waals surface area contributed by atoms with E-state index >= 15 is 0 Å². The van der Waals surface area contributed by atoms with Crippen molar-refractivity contribution in [1.82, 2.24) is 0 Å². The number of para-hydroxylation sites is 1. The standard InChI is InChI=1S/C9H10INO2/c1-6(12)9(13)11-8-5-3-2-4-7(8)10/h2-6,12H,1H3,(H,11,13)/t6-/m0/s1. The molecule has 1 amide bonds. The van der Waals surface area contributed by atoms with Crippen LogP contribution in [0.5, 0.6) is 0 Å². The molecule has 0 bridgehead atoms. The van der Waals surface area contributed by atoms with Crippen LogP contribution in [0.1, 0.15) is 6.92 Å². The zero-order valence-electron chi connectivity index (χ0n) is 7.12. The molecule has 0 aliphatic carbocycles. The van der Waals surface area contributed by atoms with E-state index in [9.17, 15) is 4.79 Å². The number of aliphatic hydroxyl groups excluding tert-OH is 1. The highest BCUT2D eigenvalue weighted by atomic mass is 127. The summed E-state index contributed by atoms with van der Waals surface area (Å²) >= 11 is 2.12. The molecule has 0 radical (unpaired) electrons. The number of carbonyl (C=O) groups is 1. The highest BCUT2D eigenvalue weighted by molar-refractivity contribution is 14.1. The van der Waals surface area contributed by atoms with Gasteiger partial charge in [0.15, 0.2) is 0 Å². The molecule has 1 aromatic rings. The number of aliphatic hydroxyl groups is 1. The Bertz CT molecular complexity index is 312. The Hall–Kier alpha value is -0.620. The Labute approximate surface area is 90.3 Å². The number of anilines is 1. The average molecular weight is 291 g/mol. The lowest BCUT2D eigenvalue weighted by molar-refractivity contribution is -0.123. The van der Waals surface area contributed by atoms with Crippen LogP contribution in [0.25, 0.3) is 0 Å². The molecule has 1 rings (SSSR count). The minimum absolute atomic E-state index is 0.385. The first-order valence-corrected chi connectivity index (χ1v) is 4.92. The van der Waals surface area contributed by atoms with Gasteiger partial charge in [-0.3, -0.25) is 4.79 Å². The fourth-order valence-corrected chi connectivity index (χ4v) is 1.32. The van der Waals surface area contributed by atoms with E-state index in [4.69, 9.17) is 5.11 Å². The van der Waals surface area contributed by atoms with E-state index in [1.165, 1.54) is 6.92 Å². The number of halogens is 1. The minimum atomic E-state index is -0.976. The molecular weight excluding hydrogens is 281 g/mol. The van der Waals surface area contributed by atoms with Crippen LogP contribution in [-0.2, 0) is 4.79 Å². The number of carbonyl (C=O) groups excluding carboxylic acids is 1. The van der Waals surface area contributed by atoms with Crippen molar-refractivity contribution in [2.45, 2.75) is 13.0 Å². The first-order valence-electron chi connectivity index (χ1n) is 3.84. The van der Waals surface area contributed by atoms with Crippen LogP contribution in [0.4, 0.5) is 5.69 Å². The van der Waals surface area contributed by atoms with E-state index in [1.54, 1.807) is 6.07 Å². The zero-order chi connectivity index (χ0) is 9.84. The molecule has 0 heterocycles. The van der Waals surface area contributed by atoms with Gasteiger partial charge in [-0.1, -0.05) is 12.1 Å².